The molecule has 0 bridgehead atoms. The molecule has 0 unspecified atom stereocenters. The van der Waals surface area contributed by atoms with Gasteiger partial charge in [-0.1, -0.05) is 72.8 Å². The van der Waals surface area contributed by atoms with E-state index in [1.165, 1.54) is 12.7 Å². The Bertz CT molecular complexity index is 1220. The SMILES string of the molecule is COC(=O)c1ccc(COc2ccccc2/C=N\N(Cc2ccccc2)c2ccccc2)cc1. The van der Waals surface area contributed by atoms with Gasteiger partial charge in [-0.15, -0.1) is 0 Å². The standard InChI is InChI=1S/C29H26N2O3/c1-33-29(32)25-18-16-24(17-19-25)22-34-28-15-9-8-12-26(28)20-30-31(27-13-6-3-7-14-27)21-23-10-4-2-5-11-23/h2-20H,21-22H2,1H3/b30-20-. The van der Waals surface area contributed by atoms with Gasteiger partial charge in [0.2, 0.25) is 0 Å². The summed E-state index contributed by atoms with van der Waals surface area (Å²) in [6.45, 7) is 1.02. The van der Waals surface area contributed by atoms with Crippen molar-refractivity contribution in [1.29, 1.82) is 0 Å². The third kappa shape index (κ3) is 6.11. The summed E-state index contributed by atoms with van der Waals surface area (Å²) >= 11 is 0. The lowest BCUT2D eigenvalue weighted by molar-refractivity contribution is 0.0600. The minimum Gasteiger partial charge on any atom is -0.488 e. The van der Waals surface area contributed by atoms with Crippen LogP contribution < -0.4 is 9.75 Å². The molecule has 0 fully saturated rings. The Hall–Kier alpha value is -4.38. The maximum Gasteiger partial charge on any atom is 0.337 e. The van der Waals surface area contributed by atoms with E-state index in [9.17, 15) is 4.79 Å². The molecule has 0 N–H and O–H groups in total. The van der Waals surface area contributed by atoms with E-state index in [4.69, 9.17) is 14.6 Å². The zero-order chi connectivity index (χ0) is 23.6. The van der Waals surface area contributed by atoms with Gasteiger partial charge in [0.1, 0.15) is 12.4 Å². The molecule has 5 heteroatoms. The fourth-order valence-corrected chi connectivity index (χ4v) is 3.42. The largest absolute Gasteiger partial charge is 0.488 e. The Morgan fingerprint density at radius 1 is 0.794 bits per heavy atom. The van der Waals surface area contributed by atoms with E-state index in [0.717, 1.165) is 22.6 Å². The second-order valence-electron chi connectivity index (χ2n) is 7.64. The van der Waals surface area contributed by atoms with E-state index in [-0.39, 0.29) is 5.97 Å². The number of esters is 1. The van der Waals surface area contributed by atoms with Gasteiger partial charge in [-0.2, -0.15) is 5.10 Å². The topological polar surface area (TPSA) is 51.1 Å². The molecule has 0 atom stereocenters. The number of carbonyl (C=O) groups is 1. The molecule has 0 saturated carbocycles. The Labute approximate surface area is 199 Å². The predicted octanol–water partition coefficient (Wildman–Crippen LogP) is 6.09. The Morgan fingerprint density at radius 2 is 1.44 bits per heavy atom. The zero-order valence-electron chi connectivity index (χ0n) is 19.0. The Morgan fingerprint density at radius 3 is 2.15 bits per heavy atom. The number of benzene rings is 4. The summed E-state index contributed by atoms with van der Waals surface area (Å²) in [5, 5.41) is 6.76. The van der Waals surface area contributed by atoms with E-state index in [2.05, 4.69) is 12.1 Å². The van der Waals surface area contributed by atoms with Crippen LogP contribution in [-0.4, -0.2) is 19.3 Å². The smallest absolute Gasteiger partial charge is 0.337 e. The monoisotopic (exact) mass is 450 g/mol. The zero-order valence-corrected chi connectivity index (χ0v) is 19.0. The van der Waals surface area contributed by atoms with Gasteiger partial charge < -0.3 is 9.47 Å². The van der Waals surface area contributed by atoms with Crippen LogP contribution in [0.1, 0.15) is 27.0 Å². The first-order valence-corrected chi connectivity index (χ1v) is 11.0. The van der Waals surface area contributed by atoms with Crippen LogP contribution >= 0.6 is 0 Å². The highest BCUT2D eigenvalue weighted by Gasteiger charge is 2.08. The van der Waals surface area contributed by atoms with Crippen molar-refractivity contribution >= 4 is 17.9 Å². The van der Waals surface area contributed by atoms with Gasteiger partial charge in [-0.05, 0) is 47.5 Å². The molecule has 0 saturated heterocycles. The van der Waals surface area contributed by atoms with Gasteiger partial charge in [0.15, 0.2) is 0 Å². The van der Waals surface area contributed by atoms with E-state index >= 15 is 0 Å². The molecule has 34 heavy (non-hydrogen) atoms. The maximum atomic E-state index is 11.6. The van der Waals surface area contributed by atoms with Gasteiger partial charge in [0.05, 0.1) is 31.1 Å². The Balaban J connectivity index is 1.50. The van der Waals surface area contributed by atoms with Gasteiger partial charge in [-0.25, -0.2) is 4.79 Å². The molecule has 5 nitrogen and oxygen atoms in total. The van der Waals surface area contributed by atoms with Crippen LogP contribution in [0.2, 0.25) is 0 Å². The van der Waals surface area contributed by atoms with Gasteiger partial charge in [-0.3, -0.25) is 5.01 Å². The molecule has 0 aromatic heterocycles. The highest BCUT2D eigenvalue weighted by atomic mass is 16.5. The fraction of sp³-hybridized carbons (Fsp3) is 0.103. The van der Waals surface area contributed by atoms with Gasteiger partial charge in [0, 0.05) is 5.56 Å². The summed E-state index contributed by atoms with van der Waals surface area (Å²) in [6.07, 6.45) is 1.83. The van der Waals surface area contributed by atoms with E-state index in [1.54, 1.807) is 12.1 Å². The number of hydrogen-bond acceptors (Lipinski definition) is 5. The van der Waals surface area contributed by atoms with Crippen LogP contribution in [0.4, 0.5) is 5.69 Å². The first kappa shape index (κ1) is 22.8. The van der Waals surface area contributed by atoms with Crippen molar-refractivity contribution in [3.8, 4) is 5.75 Å². The Kier molecular flexibility index (Phi) is 7.70. The van der Waals surface area contributed by atoms with Crippen molar-refractivity contribution in [2.75, 3.05) is 12.1 Å². The molecular weight excluding hydrogens is 424 g/mol. The number of para-hydroxylation sites is 2. The number of ether oxygens (including phenoxy) is 2. The number of carbonyl (C=O) groups excluding carboxylic acids is 1. The molecule has 0 aliphatic rings. The summed E-state index contributed by atoms with van der Waals surface area (Å²) in [4.78, 5) is 11.6. The molecule has 0 heterocycles. The first-order chi connectivity index (χ1) is 16.7. The van der Waals surface area contributed by atoms with Crippen LogP contribution in [0.25, 0.3) is 0 Å². The molecule has 170 valence electrons. The highest BCUT2D eigenvalue weighted by molar-refractivity contribution is 5.89. The maximum absolute atomic E-state index is 11.6. The van der Waals surface area contributed by atoms with Crippen LogP contribution in [0.3, 0.4) is 0 Å². The molecule has 0 amide bonds. The minimum absolute atomic E-state index is 0.354. The van der Waals surface area contributed by atoms with E-state index in [0.29, 0.717) is 18.7 Å². The second-order valence-corrected chi connectivity index (χ2v) is 7.64. The quantitative estimate of drug-likeness (QED) is 0.176. The molecule has 0 aliphatic carbocycles. The predicted molar refractivity (Wildman–Crippen MR) is 135 cm³/mol. The van der Waals surface area contributed by atoms with Crippen molar-refractivity contribution in [3.05, 3.63) is 131 Å². The number of hydrogen-bond donors (Lipinski definition) is 0. The normalized spacial score (nSPS) is 10.7. The molecule has 4 rings (SSSR count). The third-order valence-electron chi connectivity index (χ3n) is 5.25. The fourth-order valence-electron chi connectivity index (χ4n) is 3.42. The van der Waals surface area contributed by atoms with Crippen molar-refractivity contribution < 1.29 is 14.3 Å². The lowest BCUT2D eigenvalue weighted by atomic mass is 10.1. The van der Waals surface area contributed by atoms with Gasteiger partial charge >= 0.3 is 5.97 Å². The number of nitrogens with zero attached hydrogens (tertiary/aromatic N) is 2. The number of hydrazone groups is 1. The average Bonchev–Trinajstić information content (AvgIpc) is 2.91. The lowest BCUT2D eigenvalue weighted by Gasteiger charge is -2.19. The number of anilines is 1. The average molecular weight is 451 g/mol. The van der Waals surface area contributed by atoms with Crippen molar-refractivity contribution in [2.45, 2.75) is 13.2 Å². The lowest BCUT2D eigenvalue weighted by Crippen LogP contribution is -2.16. The summed E-state index contributed by atoms with van der Waals surface area (Å²) in [7, 11) is 1.37. The van der Waals surface area contributed by atoms with Crippen LogP contribution in [0.15, 0.2) is 114 Å². The molecule has 0 spiro atoms. The number of methoxy groups -OCH3 is 1. The molecule has 0 aliphatic heterocycles. The van der Waals surface area contributed by atoms with E-state index in [1.807, 2.05) is 96.2 Å². The highest BCUT2D eigenvalue weighted by Crippen LogP contribution is 2.21. The summed E-state index contributed by atoms with van der Waals surface area (Å²) in [5.74, 6) is 0.378. The second kappa shape index (κ2) is 11.5. The number of rotatable bonds is 9. The summed E-state index contributed by atoms with van der Waals surface area (Å²) in [6, 6.07) is 35.3. The van der Waals surface area contributed by atoms with Crippen LogP contribution in [0.5, 0.6) is 5.75 Å². The first-order valence-electron chi connectivity index (χ1n) is 11.0. The third-order valence-corrected chi connectivity index (χ3v) is 5.25. The minimum atomic E-state index is -0.354. The molecular formula is C29H26N2O3. The molecule has 4 aromatic carbocycles. The molecule has 0 radical (unpaired) electrons. The van der Waals surface area contributed by atoms with Crippen molar-refractivity contribution in [3.63, 3.8) is 0 Å². The summed E-state index contributed by atoms with van der Waals surface area (Å²) in [5.41, 5.74) is 4.52. The van der Waals surface area contributed by atoms with Crippen LogP contribution in [0, 0.1) is 0 Å². The molecule has 4 aromatic rings. The van der Waals surface area contributed by atoms with Crippen molar-refractivity contribution in [1.82, 2.24) is 0 Å². The van der Waals surface area contributed by atoms with Crippen molar-refractivity contribution in [2.24, 2.45) is 5.10 Å². The summed E-state index contributed by atoms with van der Waals surface area (Å²) < 4.78 is 10.8. The van der Waals surface area contributed by atoms with Crippen LogP contribution in [-0.2, 0) is 17.9 Å². The van der Waals surface area contributed by atoms with E-state index < -0.39 is 0 Å². The van der Waals surface area contributed by atoms with Gasteiger partial charge in [0.25, 0.3) is 0 Å².